The van der Waals surface area contributed by atoms with E-state index in [1.54, 1.807) is 38.5 Å². The van der Waals surface area contributed by atoms with Crippen molar-refractivity contribution in [2.24, 2.45) is 4.99 Å². The van der Waals surface area contributed by atoms with Gasteiger partial charge in [0.1, 0.15) is 11.5 Å². The molecule has 0 radical (unpaired) electrons. The first-order chi connectivity index (χ1) is 15.1. The van der Waals surface area contributed by atoms with Crippen LogP contribution in [0.5, 0.6) is 23.0 Å². The van der Waals surface area contributed by atoms with Crippen molar-refractivity contribution in [2.45, 2.75) is 13.5 Å². The highest BCUT2D eigenvalue weighted by Gasteiger charge is 2.13. The first-order valence-electron chi connectivity index (χ1n) is 9.80. The summed E-state index contributed by atoms with van der Waals surface area (Å²) in [6.45, 7) is 2.69. The van der Waals surface area contributed by atoms with Crippen molar-refractivity contribution in [1.29, 1.82) is 0 Å². The van der Waals surface area contributed by atoms with Crippen molar-refractivity contribution < 1.29 is 19.0 Å². The van der Waals surface area contributed by atoms with Gasteiger partial charge in [-0.15, -0.1) is 0 Å². The summed E-state index contributed by atoms with van der Waals surface area (Å²) in [6.07, 6.45) is 0. The molecule has 0 N–H and O–H groups in total. The van der Waals surface area contributed by atoms with Gasteiger partial charge in [0.15, 0.2) is 16.3 Å². The average molecular weight is 435 g/mol. The van der Waals surface area contributed by atoms with Gasteiger partial charge >= 0.3 is 0 Å². The highest BCUT2D eigenvalue weighted by Crippen LogP contribution is 2.33. The normalized spacial score (nSPS) is 11.5. The molecule has 7 heteroatoms. The van der Waals surface area contributed by atoms with Crippen LogP contribution in [0.4, 0.5) is 0 Å². The van der Waals surface area contributed by atoms with Gasteiger partial charge in [-0.2, -0.15) is 4.99 Å². The molecule has 0 aliphatic rings. The fourth-order valence-electron chi connectivity index (χ4n) is 3.23. The van der Waals surface area contributed by atoms with E-state index in [2.05, 4.69) is 4.99 Å². The third-order valence-electron chi connectivity index (χ3n) is 4.78. The standard InChI is InChI=1S/C24H22N2O4S/c1-4-26-19-14-20(28-2)21(29-3)15-22(19)31-24(26)25-23(27)16-10-12-18(13-11-16)30-17-8-6-5-7-9-17/h5-15H,4H2,1-3H3. The van der Waals surface area contributed by atoms with E-state index < -0.39 is 0 Å². The Morgan fingerprint density at radius 2 is 1.58 bits per heavy atom. The number of hydrogen-bond acceptors (Lipinski definition) is 5. The van der Waals surface area contributed by atoms with E-state index in [1.165, 1.54) is 11.3 Å². The summed E-state index contributed by atoms with van der Waals surface area (Å²) in [6, 6.07) is 20.3. The van der Waals surface area contributed by atoms with E-state index in [0.717, 1.165) is 16.0 Å². The van der Waals surface area contributed by atoms with Gasteiger partial charge in [-0.3, -0.25) is 4.79 Å². The van der Waals surface area contributed by atoms with Crippen LogP contribution in [0, 0.1) is 0 Å². The Hall–Kier alpha value is -3.58. The molecule has 0 atom stereocenters. The van der Waals surface area contributed by atoms with Crippen molar-refractivity contribution in [1.82, 2.24) is 4.57 Å². The summed E-state index contributed by atoms with van der Waals surface area (Å²) in [5.74, 6) is 2.38. The Kier molecular flexibility index (Phi) is 6.04. The van der Waals surface area contributed by atoms with Gasteiger partial charge in [-0.25, -0.2) is 0 Å². The molecule has 1 aromatic heterocycles. The van der Waals surface area contributed by atoms with Crippen molar-refractivity contribution in [2.75, 3.05) is 14.2 Å². The second kappa shape index (κ2) is 9.06. The van der Waals surface area contributed by atoms with E-state index >= 15 is 0 Å². The fraction of sp³-hybridized carbons (Fsp3) is 0.167. The number of hydrogen-bond donors (Lipinski definition) is 0. The SMILES string of the molecule is CCn1c(=NC(=O)c2ccc(Oc3ccccc3)cc2)sc2cc(OC)c(OC)cc21. The molecule has 0 saturated carbocycles. The summed E-state index contributed by atoms with van der Waals surface area (Å²) < 4.78 is 19.6. The number of amides is 1. The maximum absolute atomic E-state index is 12.8. The maximum atomic E-state index is 12.8. The zero-order valence-corrected chi connectivity index (χ0v) is 18.3. The first kappa shape index (κ1) is 20.7. The number of carbonyl (C=O) groups is 1. The van der Waals surface area contributed by atoms with Crippen molar-refractivity contribution >= 4 is 27.5 Å². The molecule has 158 valence electrons. The van der Waals surface area contributed by atoms with Crippen molar-refractivity contribution in [3.63, 3.8) is 0 Å². The molecule has 0 spiro atoms. The van der Waals surface area contributed by atoms with Crippen LogP contribution >= 0.6 is 11.3 Å². The predicted octanol–water partition coefficient (Wildman–Crippen LogP) is 5.27. The van der Waals surface area contributed by atoms with Gasteiger partial charge in [-0.1, -0.05) is 29.5 Å². The van der Waals surface area contributed by atoms with Gasteiger partial charge in [0.2, 0.25) is 0 Å². The monoisotopic (exact) mass is 434 g/mol. The second-order valence-electron chi connectivity index (χ2n) is 6.66. The minimum Gasteiger partial charge on any atom is -0.493 e. The Labute approximate surface area is 184 Å². The van der Waals surface area contributed by atoms with Gasteiger partial charge < -0.3 is 18.8 Å². The topological polar surface area (TPSA) is 62.1 Å². The zero-order valence-electron chi connectivity index (χ0n) is 17.5. The van der Waals surface area contributed by atoms with E-state index in [9.17, 15) is 4.79 Å². The quantitative estimate of drug-likeness (QED) is 0.415. The highest BCUT2D eigenvalue weighted by atomic mass is 32.1. The molecule has 1 heterocycles. The molecule has 1 amide bonds. The molecule has 6 nitrogen and oxygen atoms in total. The summed E-state index contributed by atoms with van der Waals surface area (Å²) in [7, 11) is 3.21. The molecule has 4 aromatic rings. The molecule has 31 heavy (non-hydrogen) atoms. The third kappa shape index (κ3) is 4.32. The molecule has 0 aliphatic heterocycles. The largest absolute Gasteiger partial charge is 0.493 e. The van der Waals surface area contributed by atoms with Gasteiger partial charge in [0, 0.05) is 24.2 Å². The lowest BCUT2D eigenvalue weighted by atomic mass is 10.2. The molecule has 0 bridgehead atoms. The average Bonchev–Trinajstić information content (AvgIpc) is 3.14. The van der Waals surface area contributed by atoms with Crippen LogP contribution < -0.4 is 19.0 Å². The molecule has 0 saturated heterocycles. The van der Waals surface area contributed by atoms with Crippen LogP contribution in [0.2, 0.25) is 0 Å². The minimum atomic E-state index is -0.307. The summed E-state index contributed by atoms with van der Waals surface area (Å²) in [5.41, 5.74) is 1.44. The van der Waals surface area contributed by atoms with Gasteiger partial charge in [0.05, 0.1) is 24.4 Å². The number of nitrogens with zero attached hydrogens (tertiary/aromatic N) is 2. The number of benzene rings is 3. The molecule has 0 unspecified atom stereocenters. The Balaban J connectivity index is 1.65. The molecular weight excluding hydrogens is 412 g/mol. The van der Waals surface area contributed by atoms with Gasteiger partial charge in [-0.05, 0) is 43.3 Å². The number of fused-ring (bicyclic) bond motifs is 1. The van der Waals surface area contributed by atoms with Crippen LogP contribution in [-0.2, 0) is 6.54 Å². The summed E-state index contributed by atoms with van der Waals surface area (Å²) in [4.78, 5) is 17.8. The van der Waals surface area contributed by atoms with Crippen molar-refractivity contribution in [3.05, 3.63) is 77.1 Å². The Morgan fingerprint density at radius 1 is 0.935 bits per heavy atom. The summed E-state index contributed by atoms with van der Waals surface area (Å²) in [5, 5.41) is 0. The van der Waals surface area contributed by atoms with Crippen molar-refractivity contribution in [3.8, 4) is 23.0 Å². The predicted molar refractivity (Wildman–Crippen MR) is 121 cm³/mol. The lowest BCUT2D eigenvalue weighted by Crippen LogP contribution is -2.15. The molecular formula is C24H22N2O4S. The lowest BCUT2D eigenvalue weighted by Gasteiger charge is -2.08. The number of aryl methyl sites for hydroxylation is 1. The molecule has 3 aromatic carbocycles. The van der Waals surface area contributed by atoms with Crippen LogP contribution in [0.1, 0.15) is 17.3 Å². The lowest BCUT2D eigenvalue weighted by molar-refractivity contribution is 0.0998. The Bertz CT molecular complexity index is 1270. The van der Waals surface area contributed by atoms with Crippen LogP contribution in [0.25, 0.3) is 10.2 Å². The molecule has 0 aliphatic carbocycles. The van der Waals surface area contributed by atoms with Crippen LogP contribution in [0.3, 0.4) is 0 Å². The van der Waals surface area contributed by atoms with E-state index in [0.29, 0.717) is 34.2 Å². The Morgan fingerprint density at radius 3 is 2.23 bits per heavy atom. The number of rotatable bonds is 6. The number of ether oxygens (including phenoxy) is 3. The minimum absolute atomic E-state index is 0.307. The van der Waals surface area contributed by atoms with Crippen LogP contribution in [0.15, 0.2) is 71.7 Å². The molecule has 0 fully saturated rings. The maximum Gasteiger partial charge on any atom is 0.279 e. The number of thiazole rings is 1. The number of carbonyl (C=O) groups excluding carboxylic acids is 1. The number of methoxy groups -OCH3 is 2. The van der Waals surface area contributed by atoms with Gasteiger partial charge in [0.25, 0.3) is 5.91 Å². The summed E-state index contributed by atoms with van der Waals surface area (Å²) >= 11 is 1.44. The number of aromatic nitrogens is 1. The third-order valence-corrected chi connectivity index (χ3v) is 5.82. The van der Waals surface area contributed by atoms with E-state index in [-0.39, 0.29) is 5.91 Å². The molecule has 4 rings (SSSR count). The first-order valence-corrected chi connectivity index (χ1v) is 10.6. The van der Waals surface area contributed by atoms with Crippen LogP contribution in [-0.4, -0.2) is 24.7 Å². The zero-order chi connectivity index (χ0) is 21.8. The number of para-hydroxylation sites is 1. The smallest absolute Gasteiger partial charge is 0.279 e. The highest BCUT2D eigenvalue weighted by molar-refractivity contribution is 7.16. The van der Waals surface area contributed by atoms with E-state index in [1.807, 2.05) is 54.0 Å². The second-order valence-corrected chi connectivity index (χ2v) is 7.67. The van der Waals surface area contributed by atoms with E-state index in [4.69, 9.17) is 14.2 Å². The fourth-order valence-corrected chi connectivity index (χ4v) is 4.33.